The van der Waals surface area contributed by atoms with Crippen LogP contribution in [0.25, 0.3) is 0 Å². The third-order valence-electron chi connectivity index (χ3n) is 5.77. The molecule has 3 rings (SSSR count). The van der Waals surface area contributed by atoms with Gasteiger partial charge >= 0.3 is 0 Å². The van der Waals surface area contributed by atoms with Gasteiger partial charge in [0.1, 0.15) is 0 Å². The second-order valence-corrected chi connectivity index (χ2v) is 7.14. The Morgan fingerprint density at radius 3 is 1.10 bits per heavy atom. The third kappa shape index (κ3) is 3.59. The lowest BCUT2D eigenvalue weighted by atomic mass is 9.88. The molecular formula is C14H30B2N4. The van der Waals surface area contributed by atoms with Crippen molar-refractivity contribution in [3.63, 3.8) is 0 Å². The molecule has 0 unspecified atom stereocenters. The molecule has 3 fully saturated rings. The van der Waals surface area contributed by atoms with Crippen molar-refractivity contribution < 1.29 is 0 Å². The van der Waals surface area contributed by atoms with Crippen molar-refractivity contribution in [3.8, 4) is 0 Å². The van der Waals surface area contributed by atoms with Gasteiger partial charge in [0.2, 0.25) is 0 Å². The molecule has 0 radical (unpaired) electrons. The molecule has 0 spiro atoms. The number of rotatable bonds is 2. The van der Waals surface area contributed by atoms with Crippen molar-refractivity contribution in [3.05, 3.63) is 0 Å². The molecule has 2 saturated heterocycles. The summed E-state index contributed by atoms with van der Waals surface area (Å²) in [4.78, 5) is 10.5. The average molecular weight is 276 g/mol. The Morgan fingerprint density at radius 1 is 0.500 bits per heavy atom. The number of nitrogens with zero attached hydrogens (tertiary/aromatic N) is 4. The van der Waals surface area contributed by atoms with Crippen LogP contribution in [0, 0.1) is 0 Å². The highest BCUT2D eigenvalue weighted by atomic mass is 15.3. The average Bonchev–Trinajstić information content (AvgIpc) is 2.49. The number of hydrogen-bond acceptors (Lipinski definition) is 4. The van der Waals surface area contributed by atoms with Crippen LogP contribution in [0.5, 0.6) is 0 Å². The quantitative estimate of drug-likeness (QED) is 0.577. The van der Waals surface area contributed by atoms with Crippen molar-refractivity contribution in [2.45, 2.75) is 37.8 Å². The molecule has 2 heterocycles. The first-order valence-electron chi connectivity index (χ1n) is 8.57. The minimum absolute atomic E-state index is 0.882. The van der Waals surface area contributed by atoms with Crippen molar-refractivity contribution in [2.75, 3.05) is 52.4 Å². The van der Waals surface area contributed by atoms with Gasteiger partial charge in [0.05, 0.1) is 0 Å². The Balaban J connectivity index is 1.42. The lowest BCUT2D eigenvalue weighted by molar-refractivity contribution is 0.0618. The minimum Gasteiger partial charge on any atom is -0.346 e. The molecule has 1 saturated carbocycles. The molecule has 0 aromatic carbocycles. The van der Waals surface area contributed by atoms with Gasteiger partial charge in [-0.25, -0.2) is 0 Å². The summed E-state index contributed by atoms with van der Waals surface area (Å²) in [5, 5.41) is 0. The molecule has 0 amide bonds. The predicted molar refractivity (Wildman–Crippen MR) is 89.4 cm³/mol. The van der Waals surface area contributed by atoms with Crippen molar-refractivity contribution in [2.24, 2.45) is 0 Å². The monoisotopic (exact) mass is 276 g/mol. The fraction of sp³-hybridized carbons (Fsp3) is 1.00. The van der Waals surface area contributed by atoms with Crippen LogP contribution in [0.3, 0.4) is 0 Å². The molecule has 2 aliphatic heterocycles. The van der Waals surface area contributed by atoms with E-state index in [-0.39, 0.29) is 0 Å². The maximum Gasteiger partial charge on any atom is 0.185 e. The highest BCUT2D eigenvalue weighted by molar-refractivity contribution is 6.04. The zero-order valence-electron chi connectivity index (χ0n) is 13.4. The van der Waals surface area contributed by atoms with E-state index in [0.717, 1.165) is 12.1 Å². The van der Waals surface area contributed by atoms with Gasteiger partial charge in [0, 0.05) is 38.3 Å². The maximum atomic E-state index is 2.76. The van der Waals surface area contributed by atoms with Gasteiger partial charge in [-0.15, -0.1) is 0 Å². The van der Waals surface area contributed by atoms with Crippen molar-refractivity contribution in [1.29, 1.82) is 0 Å². The smallest absolute Gasteiger partial charge is 0.185 e. The van der Waals surface area contributed by atoms with Crippen LogP contribution in [0.1, 0.15) is 25.7 Å². The molecule has 0 N–H and O–H groups in total. The van der Waals surface area contributed by atoms with Crippen LogP contribution in [0.4, 0.5) is 0 Å². The Bertz CT molecular complexity index is 264. The van der Waals surface area contributed by atoms with Gasteiger partial charge in [0.25, 0.3) is 0 Å². The number of piperazine rings is 2. The number of hydrogen-bond donors (Lipinski definition) is 0. The largest absolute Gasteiger partial charge is 0.346 e. The topological polar surface area (TPSA) is 13.0 Å². The zero-order valence-corrected chi connectivity index (χ0v) is 13.4. The highest BCUT2D eigenvalue weighted by Gasteiger charge is 2.30. The van der Waals surface area contributed by atoms with Crippen molar-refractivity contribution in [1.82, 2.24) is 19.4 Å². The predicted octanol–water partition coefficient (Wildman–Crippen LogP) is -1.37. The first-order valence-corrected chi connectivity index (χ1v) is 8.57. The Labute approximate surface area is 126 Å². The summed E-state index contributed by atoms with van der Waals surface area (Å²) in [5.41, 5.74) is 0. The lowest BCUT2D eigenvalue weighted by Crippen LogP contribution is -2.53. The van der Waals surface area contributed by atoms with E-state index < -0.39 is 0 Å². The summed E-state index contributed by atoms with van der Waals surface area (Å²) in [6.45, 7) is 10.2. The van der Waals surface area contributed by atoms with Crippen LogP contribution in [-0.4, -0.2) is 99.8 Å². The summed E-state index contributed by atoms with van der Waals surface area (Å²) in [6, 6.07) is 1.76. The standard InChI is InChI=1S/C14H30B2N4/c15-19-9-5-17(6-10-19)13-1-2-14(4-3-13)18-7-11-20(16)12-8-18/h13-14H,1-12,15-16H2. The van der Waals surface area contributed by atoms with E-state index >= 15 is 0 Å². The summed E-state index contributed by atoms with van der Waals surface area (Å²) >= 11 is 0. The summed E-state index contributed by atoms with van der Waals surface area (Å²) < 4.78 is 0. The Kier molecular flexibility index (Phi) is 5.08. The van der Waals surface area contributed by atoms with Crippen LogP contribution >= 0.6 is 0 Å². The van der Waals surface area contributed by atoms with Crippen LogP contribution < -0.4 is 0 Å². The van der Waals surface area contributed by atoms with Gasteiger partial charge in [-0.1, -0.05) is 0 Å². The first-order chi connectivity index (χ1) is 9.72. The molecule has 0 aromatic heterocycles. The molecule has 20 heavy (non-hydrogen) atoms. The van der Waals surface area contributed by atoms with E-state index in [2.05, 4.69) is 35.4 Å². The molecule has 112 valence electrons. The highest BCUT2D eigenvalue weighted by Crippen LogP contribution is 2.27. The van der Waals surface area contributed by atoms with Gasteiger partial charge in [0.15, 0.2) is 16.0 Å². The first kappa shape index (κ1) is 14.9. The Hall–Kier alpha value is -0.0301. The molecule has 6 heteroatoms. The van der Waals surface area contributed by atoms with E-state index in [1.54, 1.807) is 0 Å². The third-order valence-corrected chi connectivity index (χ3v) is 5.77. The van der Waals surface area contributed by atoms with E-state index in [1.165, 1.54) is 78.0 Å². The summed E-state index contributed by atoms with van der Waals surface area (Å²) in [5.74, 6) is 0. The molecule has 0 atom stereocenters. The fourth-order valence-corrected chi connectivity index (χ4v) is 4.16. The van der Waals surface area contributed by atoms with Gasteiger partial charge in [-0.2, -0.15) is 0 Å². The molecule has 1 aliphatic carbocycles. The van der Waals surface area contributed by atoms with Gasteiger partial charge < -0.3 is 9.62 Å². The van der Waals surface area contributed by atoms with Crippen LogP contribution in [0.15, 0.2) is 0 Å². The SMILES string of the molecule is BN1CCN(C2CCC(N3CCN(B)CC3)CC2)CC1. The summed E-state index contributed by atoms with van der Waals surface area (Å²) in [6.07, 6.45) is 5.73. The van der Waals surface area contributed by atoms with Crippen LogP contribution in [0.2, 0.25) is 0 Å². The molecule has 0 aromatic rings. The molecule has 0 bridgehead atoms. The maximum absolute atomic E-state index is 2.76. The normalized spacial score (nSPS) is 36.2. The van der Waals surface area contributed by atoms with Gasteiger partial charge in [-0.3, -0.25) is 9.80 Å². The van der Waals surface area contributed by atoms with Crippen LogP contribution in [-0.2, 0) is 0 Å². The molecular weight excluding hydrogens is 246 g/mol. The van der Waals surface area contributed by atoms with E-state index in [1.807, 2.05) is 0 Å². The van der Waals surface area contributed by atoms with Gasteiger partial charge in [-0.05, 0) is 51.9 Å². The second-order valence-electron chi connectivity index (χ2n) is 7.14. The van der Waals surface area contributed by atoms with Crippen molar-refractivity contribution >= 4 is 16.0 Å². The van der Waals surface area contributed by atoms with E-state index in [0.29, 0.717) is 0 Å². The van der Waals surface area contributed by atoms with E-state index in [9.17, 15) is 0 Å². The fourth-order valence-electron chi connectivity index (χ4n) is 4.16. The zero-order chi connectivity index (χ0) is 13.9. The lowest BCUT2D eigenvalue weighted by Gasteiger charge is -2.45. The minimum atomic E-state index is 0.882. The molecule has 4 nitrogen and oxygen atoms in total. The Morgan fingerprint density at radius 2 is 0.800 bits per heavy atom. The van der Waals surface area contributed by atoms with E-state index in [4.69, 9.17) is 0 Å². The molecule has 3 aliphatic rings. The summed E-state index contributed by atoms with van der Waals surface area (Å²) in [7, 11) is 4.50. The second kappa shape index (κ2) is 6.82.